The summed E-state index contributed by atoms with van der Waals surface area (Å²) in [5.74, 6) is -1.55. The molecule has 3 N–H and O–H groups in total. The third kappa shape index (κ3) is 8.20. The van der Waals surface area contributed by atoms with Gasteiger partial charge in [0.2, 0.25) is 0 Å². The van der Waals surface area contributed by atoms with Crippen molar-refractivity contribution in [3.63, 3.8) is 0 Å². The Labute approximate surface area is 211 Å². The molecule has 1 aromatic carbocycles. The van der Waals surface area contributed by atoms with Gasteiger partial charge in [0, 0.05) is 56.2 Å². The Bertz CT molecular complexity index is 1150. The van der Waals surface area contributed by atoms with Crippen molar-refractivity contribution in [2.75, 3.05) is 26.2 Å². The lowest BCUT2D eigenvalue weighted by atomic mass is 9.89. The fourth-order valence-electron chi connectivity index (χ4n) is 3.80. The van der Waals surface area contributed by atoms with E-state index in [1.807, 2.05) is 35.2 Å². The highest BCUT2D eigenvalue weighted by molar-refractivity contribution is 5.94. The molecule has 0 atom stereocenters. The molecular weight excluding hydrogens is 460 g/mol. The van der Waals surface area contributed by atoms with Crippen molar-refractivity contribution in [1.82, 2.24) is 19.6 Å². The minimum Gasteiger partial charge on any atom is -0.481 e. The summed E-state index contributed by atoms with van der Waals surface area (Å²) in [6, 6.07) is 14.1. The number of carbonyl (C=O) groups is 3. The molecule has 1 fully saturated rings. The summed E-state index contributed by atoms with van der Waals surface area (Å²) in [5, 5.41) is 18.2. The Kier molecular flexibility index (Phi) is 10.2. The highest BCUT2D eigenvalue weighted by Crippen LogP contribution is 2.33. The molecule has 4 rings (SSSR count). The number of amides is 1. The Morgan fingerprint density at radius 2 is 1.53 bits per heavy atom. The highest BCUT2D eigenvalue weighted by Gasteiger charge is 2.25. The number of carboxylic acid groups (broad SMARTS) is 2. The molecule has 1 amide bonds. The lowest BCUT2D eigenvalue weighted by Gasteiger charge is -2.20. The van der Waals surface area contributed by atoms with E-state index in [0.717, 1.165) is 74.6 Å². The van der Waals surface area contributed by atoms with Gasteiger partial charge in [0.1, 0.15) is 5.65 Å². The molecule has 9 heteroatoms. The van der Waals surface area contributed by atoms with Gasteiger partial charge in [0.05, 0.1) is 11.4 Å². The molecule has 1 saturated heterocycles. The molecule has 0 aliphatic carbocycles. The van der Waals surface area contributed by atoms with Gasteiger partial charge in [-0.2, -0.15) is 0 Å². The van der Waals surface area contributed by atoms with Crippen molar-refractivity contribution >= 4 is 23.5 Å². The maximum absolute atomic E-state index is 12.9. The molecule has 2 aromatic heterocycles. The van der Waals surface area contributed by atoms with E-state index in [1.165, 1.54) is 0 Å². The normalized spacial score (nSPS) is 13.5. The van der Waals surface area contributed by atoms with Gasteiger partial charge in [-0.15, -0.1) is 0 Å². The highest BCUT2D eigenvalue weighted by atomic mass is 16.4. The van der Waals surface area contributed by atoms with E-state index >= 15 is 0 Å². The Balaban J connectivity index is 0.000000501. The molecular formula is C27H36N4O5. The predicted molar refractivity (Wildman–Crippen MR) is 139 cm³/mol. The number of nitrogens with zero attached hydrogens (tertiary/aromatic N) is 3. The number of pyridine rings is 1. The van der Waals surface area contributed by atoms with Gasteiger partial charge >= 0.3 is 0 Å². The van der Waals surface area contributed by atoms with Crippen molar-refractivity contribution in [3.8, 4) is 11.3 Å². The second-order valence-electron chi connectivity index (χ2n) is 9.50. The van der Waals surface area contributed by atoms with Gasteiger partial charge in [0.15, 0.2) is 0 Å². The number of carboxylic acids is 2. The standard InChI is InChI=1S/C23H28N4O.2C2H4O2/c1-23(2,3)21-20(27-15-5-4-7-19(27)25-21)17-8-10-18(11-9-17)22(28)26-14-6-12-24-13-16-26;2*1-2(3)4/h4-5,7-11,15,24H,6,12-14,16H2,1-3H3;2*1H3,(H,3,4). The maximum Gasteiger partial charge on any atom is 0.300 e. The Hall–Kier alpha value is -3.72. The second-order valence-corrected chi connectivity index (χ2v) is 9.50. The molecule has 36 heavy (non-hydrogen) atoms. The summed E-state index contributed by atoms with van der Waals surface area (Å²) in [6.07, 6.45) is 3.05. The van der Waals surface area contributed by atoms with Crippen LogP contribution in [-0.4, -0.2) is 68.5 Å². The van der Waals surface area contributed by atoms with Crippen LogP contribution >= 0.6 is 0 Å². The summed E-state index contributed by atoms with van der Waals surface area (Å²) < 4.78 is 2.14. The third-order valence-electron chi connectivity index (χ3n) is 5.27. The van der Waals surface area contributed by atoms with E-state index in [0.29, 0.717) is 0 Å². The van der Waals surface area contributed by atoms with E-state index < -0.39 is 11.9 Å². The molecule has 1 aliphatic rings. The van der Waals surface area contributed by atoms with Crippen molar-refractivity contribution in [2.45, 2.75) is 46.5 Å². The number of rotatable bonds is 2. The number of hydrogen-bond donors (Lipinski definition) is 3. The number of imidazole rings is 1. The Morgan fingerprint density at radius 3 is 2.11 bits per heavy atom. The van der Waals surface area contributed by atoms with Gasteiger partial charge < -0.3 is 20.4 Å². The fourth-order valence-corrected chi connectivity index (χ4v) is 3.80. The van der Waals surface area contributed by atoms with E-state index in [1.54, 1.807) is 0 Å². The van der Waals surface area contributed by atoms with E-state index in [2.05, 4.69) is 48.8 Å². The molecule has 0 bridgehead atoms. The number of nitrogens with one attached hydrogen (secondary N) is 1. The summed E-state index contributed by atoms with van der Waals surface area (Å²) in [7, 11) is 0. The van der Waals surface area contributed by atoms with Gasteiger partial charge in [-0.05, 0) is 37.2 Å². The van der Waals surface area contributed by atoms with Crippen LogP contribution in [0.5, 0.6) is 0 Å². The van der Waals surface area contributed by atoms with Crippen molar-refractivity contribution < 1.29 is 24.6 Å². The van der Waals surface area contributed by atoms with Crippen LogP contribution in [0.25, 0.3) is 16.9 Å². The van der Waals surface area contributed by atoms with Crippen LogP contribution in [0.1, 0.15) is 57.1 Å². The first kappa shape index (κ1) is 28.5. The van der Waals surface area contributed by atoms with Crippen molar-refractivity contribution in [2.24, 2.45) is 0 Å². The number of fused-ring (bicyclic) bond motifs is 1. The van der Waals surface area contributed by atoms with Gasteiger partial charge in [-0.25, -0.2) is 4.98 Å². The first-order chi connectivity index (χ1) is 16.9. The van der Waals surface area contributed by atoms with Crippen LogP contribution in [0.3, 0.4) is 0 Å². The minimum atomic E-state index is -0.833. The van der Waals surface area contributed by atoms with Crippen LogP contribution in [0.4, 0.5) is 0 Å². The van der Waals surface area contributed by atoms with Crippen LogP contribution in [0.15, 0.2) is 48.7 Å². The molecule has 1 aliphatic heterocycles. The number of carbonyl (C=O) groups excluding carboxylic acids is 1. The lowest BCUT2D eigenvalue weighted by Crippen LogP contribution is -2.34. The maximum atomic E-state index is 12.9. The molecule has 194 valence electrons. The Morgan fingerprint density at radius 1 is 0.917 bits per heavy atom. The zero-order chi connectivity index (χ0) is 26.9. The number of benzene rings is 1. The van der Waals surface area contributed by atoms with Crippen molar-refractivity contribution in [1.29, 1.82) is 0 Å². The average molecular weight is 497 g/mol. The predicted octanol–water partition coefficient (Wildman–Crippen LogP) is 3.92. The van der Waals surface area contributed by atoms with Gasteiger partial charge in [0.25, 0.3) is 17.8 Å². The minimum absolute atomic E-state index is 0.0745. The van der Waals surface area contributed by atoms with Crippen LogP contribution in [0.2, 0.25) is 0 Å². The van der Waals surface area contributed by atoms with Gasteiger partial charge in [-0.1, -0.05) is 39.0 Å². The lowest BCUT2D eigenvalue weighted by molar-refractivity contribution is -0.135. The average Bonchev–Trinajstić information content (AvgIpc) is 2.98. The third-order valence-corrected chi connectivity index (χ3v) is 5.27. The van der Waals surface area contributed by atoms with Crippen LogP contribution < -0.4 is 5.32 Å². The zero-order valence-electron chi connectivity index (χ0n) is 21.6. The molecule has 0 unspecified atom stereocenters. The molecule has 3 heterocycles. The monoisotopic (exact) mass is 496 g/mol. The fraction of sp³-hybridized carbons (Fsp3) is 0.407. The molecule has 0 spiro atoms. The van der Waals surface area contributed by atoms with Crippen LogP contribution in [-0.2, 0) is 15.0 Å². The first-order valence-electron chi connectivity index (χ1n) is 11.9. The summed E-state index contributed by atoms with van der Waals surface area (Å²) in [6.45, 7) is 12.1. The number of aliphatic carboxylic acids is 2. The second kappa shape index (κ2) is 12.8. The van der Waals surface area contributed by atoms with Crippen molar-refractivity contribution in [3.05, 3.63) is 59.9 Å². The molecule has 9 nitrogen and oxygen atoms in total. The topological polar surface area (TPSA) is 124 Å². The molecule has 0 saturated carbocycles. The van der Waals surface area contributed by atoms with Crippen LogP contribution in [0, 0.1) is 0 Å². The number of aromatic nitrogens is 2. The van der Waals surface area contributed by atoms with E-state index in [9.17, 15) is 4.79 Å². The van der Waals surface area contributed by atoms with Gasteiger partial charge in [-0.3, -0.25) is 18.8 Å². The quantitative estimate of drug-likeness (QED) is 0.491. The largest absolute Gasteiger partial charge is 0.481 e. The molecule has 0 radical (unpaired) electrons. The first-order valence-corrected chi connectivity index (χ1v) is 11.9. The summed E-state index contributed by atoms with van der Waals surface area (Å²) in [5.41, 5.74) is 4.86. The molecule has 3 aromatic rings. The number of hydrogen-bond acceptors (Lipinski definition) is 5. The van der Waals surface area contributed by atoms with E-state index in [4.69, 9.17) is 24.8 Å². The summed E-state index contributed by atoms with van der Waals surface area (Å²) in [4.78, 5) is 37.7. The summed E-state index contributed by atoms with van der Waals surface area (Å²) >= 11 is 0. The van der Waals surface area contributed by atoms with E-state index in [-0.39, 0.29) is 11.3 Å². The zero-order valence-corrected chi connectivity index (χ0v) is 21.6. The smallest absolute Gasteiger partial charge is 0.300 e. The SMILES string of the molecule is CC(=O)O.CC(=O)O.CC(C)(C)c1nc2ccccn2c1-c1ccc(C(=O)N2CCCNCC2)cc1.